The van der Waals surface area contributed by atoms with Gasteiger partial charge in [0.15, 0.2) is 0 Å². The predicted octanol–water partition coefficient (Wildman–Crippen LogP) is 2.21. The fourth-order valence-corrected chi connectivity index (χ4v) is 5.48. The highest BCUT2D eigenvalue weighted by atomic mass is 32.2. The third-order valence-corrected chi connectivity index (χ3v) is 7.16. The second kappa shape index (κ2) is 7.18. The van der Waals surface area contributed by atoms with Gasteiger partial charge in [-0.1, -0.05) is 18.2 Å². The summed E-state index contributed by atoms with van der Waals surface area (Å²) in [6.45, 7) is 1.45. The summed E-state index contributed by atoms with van der Waals surface area (Å²) >= 11 is 0. The molecule has 2 aliphatic rings. The zero-order chi connectivity index (χ0) is 19.9. The number of nitrogens with zero attached hydrogens (tertiary/aromatic N) is 2. The van der Waals surface area contributed by atoms with Gasteiger partial charge in [-0.25, -0.2) is 12.8 Å². The number of halogens is 1. The fraction of sp³-hybridized carbons (Fsp3) is 0.350. The van der Waals surface area contributed by atoms with Crippen molar-refractivity contribution in [2.75, 3.05) is 31.0 Å². The molecule has 4 rings (SSSR count). The Bertz CT molecular complexity index is 1020. The van der Waals surface area contributed by atoms with Crippen molar-refractivity contribution in [3.05, 3.63) is 48.3 Å². The molecule has 1 fully saturated rings. The van der Waals surface area contributed by atoms with E-state index in [0.717, 1.165) is 30.2 Å². The van der Waals surface area contributed by atoms with Gasteiger partial charge in [0.2, 0.25) is 5.91 Å². The van der Waals surface area contributed by atoms with Gasteiger partial charge in [-0.2, -0.15) is 0 Å². The molecule has 0 atom stereocenters. The number of fused-ring (bicyclic) bond motifs is 3. The van der Waals surface area contributed by atoms with Gasteiger partial charge in [0.25, 0.3) is 10.0 Å². The van der Waals surface area contributed by atoms with Crippen molar-refractivity contribution in [1.82, 2.24) is 10.2 Å². The molecular formula is C20H22FN3O3S. The number of likely N-dealkylation sites (tertiary alicyclic amines) is 1. The molecule has 1 saturated heterocycles. The van der Waals surface area contributed by atoms with Gasteiger partial charge in [-0.15, -0.1) is 0 Å². The van der Waals surface area contributed by atoms with Crippen molar-refractivity contribution < 1.29 is 17.6 Å². The summed E-state index contributed by atoms with van der Waals surface area (Å²) in [5.41, 5.74) is 1.24. The number of carbonyl (C=O) groups is 1. The van der Waals surface area contributed by atoms with Crippen LogP contribution in [-0.2, 0) is 14.8 Å². The molecular weight excluding hydrogens is 381 g/mol. The lowest BCUT2D eigenvalue weighted by Crippen LogP contribution is -2.48. The maximum Gasteiger partial charge on any atom is 0.265 e. The summed E-state index contributed by atoms with van der Waals surface area (Å²) in [5.74, 6) is -0.809. The van der Waals surface area contributed by atoms with Crippen LogP contribution in [0.1, 0.15) is 12.8 Å². The molecule has 148 valence electrons. The van der Waals surface area contributed by atoms with E-state index < -0.39 is 15.8 Å². The summed E-state index contributed by atoms with van der Waals surface area (Å²) in [5, 5.41) is 2.94. The van der Waals surface area contributed by atoms with Crippen LogP contribution in [0.2, 0.25) is 0 Å². The molecule has 1 amide bonds. The van der Waals surface area contributed by atoms with Crippen molar-refractivity contribution in [3.63, 3.8) is 0 Å². The lowest BCUT2D eigenvalue weighted by atomic mass is 10.0. The third-order valence-electron chi connectivity index (χ3n) is 5.34. The van der Waals surface area contributed by atoms with E-state index >= 15 is 0 Å². The van der Waals surface area contributed by atoms with Gasteiger partial charge < -0.3 is 10.2 Å². The number of piperidine rings is 1. The first kappa shape index (κ1) is 18.9. The lowest BCUT2D eigenvalue weighted by Gasteiger charge is -2.33. The molecule has 2 aromatic rings. The van der Waals surface area contributed by atoms with Crippen LogP contribution in [0, 0.1) is 5.82 Å². The van der Waals surface area contributed by atoms with Crippen LogP contribution in [0.25, 0.3) is 11.1 Å². The first-order valence-corrected chi connectivity index (χ1v) is 10.7. The summed E-state index contributed by atoms with van der Waals surface area (Å²) in [7, 11) is -1.88. The van der Waals surface area contributed by atoms with Crippen molar-refractivity contribution in [2.24, 2.45) is 0 Å². The highest BCUT2D eigenvalue weighted by Crippen LogP contribution is 2.42. The minimum Gasteiger partial charge on any atom is -0.352 e. The first-order chi connectivity index (χ1) is 13.4. The molecule has 2 heterocycles. The molecule has 2 aliphatic heterocycles. The smallest absolute Gasteiger partial charge is 0.265 e. The maximum absolute atomic E-state index is 13.9. The Morgan fingerprint density at radius 2 is 1.86 bits per heavy atom. The fourth-order valence-electron chi connectivity index (χ4n) is 3.83. The zero-order valence-electron chi connectivity index (χ0n) is 15.6. The van der Waals surface area contributed by atoms with E-state index in [4.69, 9.17) is 0 Å². The molecule has 1 N–H and O–H groups in total. The minimum absolute atomic E-state index is 0.0381. The van der Waals surface area contributed by atoms with E-state index in [-0.39, 0.29) is 23.4 Å². The van der Waals surface area contributed by atoms with E-state index in [0.29, 0.717) is 16.8 Å². The van der Waals surface area contributed by atoms with Gasteiger partial charge in [-0.05, 0) is 57.2 Å². The normalized spacial score (nSPS) is 19.0. The van der Waals surface area contributed by atoms with E-state index in [1.807, 2.05) is 7.05 Å². The molecule has 0 radical (unpaired) electrons. The van der Waals surface area contributed by atoms with Crippen LogP contribution >= 0.6 is 0 Å². The molecule has 2 aromatic carbocycles. The van der Waals surface area contributed by atoms with Gasteiger partial charge in [0.1, 0.15) is 12.4 Å². The number of rotatable bonds is 3. The number of hydrogen-bond donors (Lipinski definition) is 1. The minimum atomic E-state index is -3.91. The van der Waals surface area contributed by atoms with Crippen molar-refractivity contribution in [2.45, 2.75) is 23.8 Å². The molecule has 8 heteroatoms. The molecule has 0 saturated carbocycles. The largest absolute Gasteiger partial charge is 0.352 e. The van der Waals surface area contributed by atoms with Crippen LogP contribution in [0.15, 0.2) is 47.4 Å². The monoisotopic (exact) mass is 403 g/mol. The molecule has 0 aliphatic carbocycles. The van der Waals surface area contributed by atoms with Crippen LogP contribution in [-0.4, -0.2) is 51.9 Å². The van der Waals surface area contributed by atoms with Crippen LogP contribution in [0.4, 0.5) is 10.1 Å². The third kappa shape index (κ3) is 3.38. The Labute approximate surface area is 164 Å². The highest BCUT2D eigenvalue weighted by Gasteiger charge is 2.36. The van der Waals surface area contributed by atoms with E-state index in [9.17, 15) is 17.6 Å². The standard InChI is InChI=1S/C20H22FN3O3S/c1-23-10-8-15(9-11-23)22-20(25)13-24-18-7-6-14(21)12-17(18)16-4-2-3-5-19(16)28(24,26)27/h2-7,12,15H,8-11,13H2,1H3,(H,22,25). The number of hydrogen-bond acceptors (Lipinski definition) is 4. The first-order valence-electron chi connectivity index (χ1n) is 9.26. The van der Waals surface area contributed by atoms with Gasteiger partial charge in [0, 0.05) is 17.2 Å². The van der Waals surface area contributed by atoms with Crippen LogP contribution in [0.3, 0.4) is 0 Å². The summed E-state index contributed by atoms with van der Waals surface area (Å²) < 4.78 is 41.3. The second-order valence-corrected chi connectivity index (χ2v) is 9.15. The number of carbonyl (C=O) groups excluding carboxylic acids is 1. The highest BCUT2D eigenvalue weighted by molar-refractivity contribution is 7.93. The average molecular weight is 403 g/mol. The average Bonchev–Trinajstić information content (AvgIpc) is 2.67. The van der Waals surface area contributed by atoms with E-state index in [2.05, 4.69) is 10.2 Å². The molecule has 0 bridgehead atoms. The molecule has 28 heavy (non-hydrogen) atoms. The maximum atomic E-state index is 13.9. The quantitative estimate of drug-likeness (QED) is 0.853. The van der Waals surface area contributed by atoms with E-state index in [1.165, 1.54) is 24.3 Å². The van der Waals surface area contributed by atoms with Crippen LogP contribution < -0.4 is 9.62 Å². The zero-order valence-corrected chi connectivity index (χ0v) is 16.4. The van der Waals surface area contributed by atoms with Gasteiger partial charge >= 0.3 is 0 Å². The predicted molar refractivity (Wildman–Crippen MR) is 105 cm³/mol. The number of nitrogens with one attached hydrogen (secondary N) is 1. The SMILES string of the molecule is CN1CCC(NC(=O)CN2c3ccc(F)cc3-c3ccccc3S2(=O)=O)CC1. The molecule has 0 aromatic heterocycles. The Hall–Kier alpha value is -2.45. The summed E-state index contributed by atoms with van der Waals surface area (Å²) in [6.07, 6.45) is 1.67. The Kier molecular flexibility index (Phi) is 4.84. The second-order valence-electron chi connectivity index (χ2n) is 7.31. The number of benzene rings is 2. The van der Waals surface area contributed by atoms with Crippen molar-refractivity contribution in [1.29, 1.82) is 0 Å². The molecule has 6 nitrogen and oxygen atoms in total. The van der Waals surface area contributed by atoms with Gasteiger partial charge in [0.05, 0.1) is 10.6 Å². The summed E-state index contributed by atoms with van der Waals surface area (Å²) in [4.78, 5) is 14.9. The van der Waals surface area contributed by atoms with E-state index in [1.54, 1.807) is 18.2 Å². The topological polar surface area (TPSA) is 69.7 Å². The van der Waals surface area contributed by atoms with Crippen LogP contribution in [0.5, 0.6) is 0 Å². The number of anilines is 1. The Balaban J connectivity index is 1.64. The number of amides is 1. The van der Waals surface area contributed by atoms with Crippen molar-refractivity contribution in [3.8, 4) is 11.1 Å². The molecule has 0 spiro atoms. The summed E-state index contributed by atoms with van der Waals surface area (Å²) in [6, 6.07) is 10.5. The number of sulfonamides is 1. The lowest BCUT2D eigenvalue weighted by molar-refractivity contribution is -0.120. The Morgan fingerprint density at radius 3 is 2.61 bits per heavy atom. The Morgan fingerprint density at radius 1 is 1.14 bits per heavy atom. The van der Waals surface area contributed by atoms with Crippen molar-refractivity contribution >= 4 is 21.6 Å². The van der Waals surface area contributed by atoms with Gasteiger partial charge in [-0.3, -0.25) is 9.10 Å². The molecule has 0 unspecified atom stereocenters.